The van der Waals surface area contributed by atoms with Crippen LogP contribution in [0.25, 0.3) is 28.5 Å². The first kappa shape index (κ1) is 21.7. The zero-order valence-corrected chi connectivity index (χ0v) is 19.5. The number of hydrogen-bond donors (Lipinski definition) is 1. The lowest BCUT2D eigenvalue weighted by Gasteiger charge is -2.24. The van der Waals surface area contributed by atoms with Crippen molar-refractivity contribution in [1.82, 2.24) is 30.0 Å². The van der Waals surface area contributed by atoms with Gasteiger partial charge in [0, 0.05) is 36.6 Å². The Hall–Kier alpha value is -3.85. The predicted molar refractivity (Wildman–Crippen MR) is 131 cm³/mol. The number of aromatic nitrogens is 5. The van der Waals surface area contributed by atoms with E-state index in [-0.39, 0.29) is 16.9 Å². The van der Waals surface area contributed by atoms with Crippen molar-refractivity contribution >= 4 is 5.82 Å². The van der Waals surface area contributed by atoms with Crippen molar-refractivity contribution in [1.29, 1.82) is 0 Å². The van der Waals surface area contributed by atoms with Crippen LogP contribution in [0.4, 0.5) is 10.2 Å². The van der Waals surface area contributed by atoms with E-state index in [1.807, 2.05) is 18.3 Å². The minimum Gasteiger partial charge on any atom is -0.496 e. The molecule has 6 rings (SSSR count). The lowest BCUT2D eigenvalue weighted by molar-refractivity contribution is 0.413. The van der Waals surface area contributed by atoms with Gasteiger partial charge < -0.3 is 15.0 Å². The van der Waals surface area contributed by atoms with Crippen LogP contribution in [0.2, 0.25) is 0 Å². The topological polar surface area (TPSA) is 81.0 Å². The average molecular weight is 472 g/mol. The summed E-state index contributed by atoms with van der Waals surface area (Å²) in [5, 5.41) is 8.22. The largest absolute Gasteiger partial charge is 0.496 e. The summed E-state index contributed by atoms with van der Waals surface area (Å²) in [4.78, 5) is 16.1. The highest BCUT2D eigenvalue weighted by atomic mass is 19.1. The third kappa shape index (κ3) is 4.01. The molecule has 2 aliphatic heterocycles. The molecule has 4 aromatic rings. The van der Waals surface area contributed by atoms with Crippen LogP contribution in [0.3, 0.4) is 0 Å². The first-order valence-corrected chi connectivity index (χ1v) is 11.8. The first-order valence-electron chi connectivity index (χ1n) is 11.8. The highest BCUT2D eigenvalue weighted by molar-refractivity contribution is 5.68. The second kappa shape index (κ2) is 8.74. The van der Waals surface area contributed by atoms with Gasteiger partial charge in [0.05, 0.1) is 24.6 Å². The normalized spacial score (nSPS) is 19.5. The van der Waals surface area contributed by atoms with Gasteiger partial charge in [-0.05, 0) is 56.1 Å². The fourth-order valence-electron chi connectivity index (χ4n) is 5.11. The Labute approximate surface area is 202 Å². The standard InChI is InChI=1S/C26H26FN7O/c1-35-21-6-2-5-19(27)24(21)25-28-13-9-20(31-25)18-15-30-34(16-18)23-8-3-7-22(32-23)33-14-11-26(17-33)10-4-12-29-26/h2-3,5-9,13,15-16,29H,4,10-12,14,17H2,1H3. The number of ether oxygens (including phenoxy) is 1. The molecule has 0 saturated carbocycles. The van der Waals surface area contributed by atoms with E-state index in [1.165, 1.54) is 26.0 Å². The number of methoxy groups -OCH3 is 1. The second-order valence-corrected chi connectivity index (χ2v) is 9.09. The van der Waals surface area contributed by atoms with Crippen molar-refractivity contribution in [3.8, 4) is 34.2 Å². The lowest BCUT2D eigenvalue weighted by atomic mass is 9.97. The molecule has 0 bridgehead atoms. The van der Waals surface area contributed by atoms with Gasteiger partial charge in [0.1, 0.15) is 17.4 Å². The van der Waals surface area contributed by atoms with E-state index in [0.717, 1.165) is 43.3 Å². The van der Waals surface area contributed by atoms with Crippen LogP contribution in [0.15, 0.2) is 61.1 Å². The van der Waals surface area contributed by atoms with Crippen molar-refractivity contribution in [2.45, 2.75) is 24.8 Å². The van der Waals surface area contributed by atoms with Gasteiger partial charge in [-0.15, -0.1) is 0 Å². The molecule has 0 amide bonds. The van der Waals surface area contributed by atoms with Gasteiger partial charge in [-0.3, -0.25) is 0 Å². The molecule has 35 heavy (non-hydrogen) atoms. The van der Waals surface area contributed by atoms with Gasteiger partial charge >= 0.3 is 0 Å². The molecule has 0 radical (unpaired) electrons. The number of anilines is 1. The summed E-state index contributed by atoms with van der Waals surface area (Å²) >= 11 is 0. The number of benzene rings is 1. The van der Waals surface area contributed by atoms with E-state index >= 15 is 0 Å². The Morgan fingerprint density at radius 2 is 1.94 bits per heavy atom. The number of pyridine rings is 1. The number of nitrogens with zero attached hydrogens (tertiary/aromatic N) is 6. The molecule has 5 heterocycles. The van der Waals surface area contributed by atoms with E-state index < -0.39 is 5.82 Å². The zero-order chi connectivity index (χ0) is 23.8. The van der Waals surface area contributed by atoms with Gasteiger partial charge in [-0.2, -0.15) is 5.10 Å². The highest BCUT2D eigenvalue weighted by Crippen LogP contribution is 2.33. The van der Waals surface area contributed by atoms with Crippen LogP contribution in [-0.2, 0) is 0 Å². The fourth-order valence-corrected chi connectivity index (χ4v) is 5.11. The summed E-state index contributed by atoms with van der Waals surface area (Å²) in [5.41, 5.74) is 1.89. The van der Waals surface area contributed by atoms with Crippen molar-refractivity contribution < 1.29 is 9.13 Å². The number of hydrogen-bond acceptors (Lipinski definition) is 7. The molecule has 2 fully saturated rings. The monoisotopic (exact) mass is 471 g/mol. The molecule has 1 spiro atoms. The molecule has 0 aliphatic carbocycles. The maximum atomic E-state index is 14.6. The molecular weight excluding hydrogens is 445 g/mol. The summed E-state index contributed by atoms with van der Waals surface area (Å²) in [5.74, 6) is 1.90. The quantitative estimate of drug-likeness (QED) is 0.473. The number of rotatable bonds is 5. The molecule has 1 unspecified atom stereocenters. The van der Waals surface area contributed by atoms with Crippen LogP contribution < -0.4 is 15.0 Å². The Morgan fingerprint density at radius 3 is 2.80 bits per heavy atom. The summed E-state index contributed by atoms with van der Waals surface area (Å²) < 4.78 is 21.6. The van der Waals surface area contributed by atoms with E-state index in [4.69, 9.17) is 9.72 Å². The SMILES string of the molecule is COc1cccc(F)c1-c1nccc(-c2cnn(-c3cccc(N4CCC5(CCCN5)C4)n3)c2)n1. The minimum absolute atomic E-state index is 0.235. The highest BCUT2D eigenvalue weighted by Gasteiger charge is 2.40. The Balaban J connectivity index is 1.27. The van der Waals surface area contributed by atoms with Crippen molar-refractivity contribution in [3.05, 3.63) is 66.9 Å². The third-order valence-electron chi connectivity index (χ3n) is 6.92. The second-order valence-electron chi connectivity index (χ2n) is 9.09. The van der Waals surface area contributed by atoms with Gasteiger partial charge in [0.15, 0.2) is 11.6 Å². The summed E-state index contributed by atoms with van der Waals surface area (Å²) in [6, 6.07) is 12.4. The fraction of sp³-hybridized carbons (Fsp3) is 0.308. The van der Waals surface area contributed by atoms with Crippen LogP contribution in [0.5, 0.6) is 5.75 Å². The molecule has 8 nitrogen and oxygen atoms in total. The Kier molecular flexibility index (Phi) is 5.41. The van der Waals surface area contributed by atoms with Gasteiger partial charge in [0.2, 0.25) is 0 Å². The van der Waals surface area contributed by atoms with Crippen LogP contribution in [0.1, 0.15) is 19.3 Å². The predicted octanol–water partition coefficient (Wildman–Crippen LogP) is 3.87. The summed E-state index contributed by atoms with van der Waals surface area (Å²) in [6.45, 7) is 3.08. The van der Waals surface area contributed by atoms with Gasteiger partial charge in [-0.1, -0.05) is 12.1 Å². The molecule has 2 aliphatic rings. The van der Waals surface area contributed by atoms with Crippen LogP contribution in [-0.4, -0.2) is 57.0 Å². The van der Waals surface area contributed by atoms with E-state index in [0.29, 0.717) is 11.4 Å². The molecule has 1 aromatic carbocycles. The zero-order valence-electron chi connectivity index (χ0n) is 19.5. The Bertz CT molecular complexity index is 1370. The van der Waals surface area contributed by atoms with E-state index in [2.05, 4.69) is 31.3 Å². The molecule has 178 valence electrons. The van der Waals surface area contributed by atoms with E-state index in [9.17, 15) is 4.39 Å². The summed E-state index contributed by atoms with van der Waals surface area (Å²) in [6.07, 6.45) is 8.83. The molecule has 3 aromatic heterocycles. The molecule has 9 heteroatoms. The summed E-state index contributed by atoms with van der Waals surface area (Å²) in [7, 11) is 1.50. The smallest absolute Gasteiger partial charge is 0.166 e. The van der Waals surface area contributed by atoms with Gasteiger partial charge in [0.25, 0.3) is 0 Å². The lowest BCUT2D eigenvalue weighted by Crippen LogP contribution is -2.42. The van der Waals surface area contributed by atoms with Crippen LogP contribution >= 0.6 is 0 Å². The minimum atomic E-state index is -0.435. The molecular formula is C26H26FN7O. The third-order valence-corrected chi connectivity index (χ3v) is 6.92. The van der Waals surface area contributed by atoms with Crippen molar-refractivity contribution in [3.63, 3.8) is 0 Å². The van der Waals surface area contributed by atoms with E-state index in [1.54, 1.807) is 35.3 Å². The molecule has 2 saturated heterocycles. The Morgan fingerprint density at radius 1 is 1.06 bits per heavy atom. The van der Waals surface area contributed by atoms with Crippen molar-refractivity contribution in [2.24, 2.45) is 0 Å². The maximum absolute atomic E-state index is 14.6. The molecule has 1 N–H and O–H groups in total. The maximum Gasteiger partial charge on any atom is 0.166 e. The average Bonchev–Trinajstić information content (AvgIpc) is 3.66. The number of nitrogens with one attached hydrogen (secondary N) is 1. The number of halogens is 1. The first-order chi connectivity index (χ1) is 17.1. The van der Waals surface area contributed by atoms with Gasteiger partial charge in [-0.25, -0.2) is 24.0 Å². The molecule has 1 atom stereocenters. The van der Waals surface area contributed by atoms with Crippen molar-refractivity contribution in [2.75, 3.05) is 31.6 Å². The van der Waals surface area contributed by atoms with Crippen LogP contribution in [0, 0.1) is 5.82 Å².